The lowest BCUT2D eigenvalue weighted by atomic mass is 9.46. The highest BCUT2D eigenvalue weighted by Gasteiger charge is 2.57. The maximum Gasteiger partial charge on any atom is 0.177 e. The van der Waals surface area contributed by atoms with Crippen molar-refractivity contribution in [2.75, 3.05) is 17.2 Å². The zero-order chi connectivity index (χ0) is 36.2. The van der Waals surface area contributed by atoms with Crippen LogP contribution in [0, 0.1) is 35.5 Å². The zero-order valence-electron chi connectivity index (χ0n) is 29.8. The molecule has 0 atom stereocenters. The molecule has 9 heteroatoms. The van der Waals surface area contributed by atoms with Crippen molar-refractivity contribution in [3.05, 3.63) is 86.9 Å². The second-order valence-electron chi connectivity index (χ2n) is 17.7. The van der Waals surface area contributed by atoms with E-state index in [0.717, 1.165) is 67.6 Å². The van der Waals surface area contributed by atoms with Gasteiger partial charge in [0.25, 0.3) is 0 Å². The predicted molar refractivity (Wildman–Crippen MR) is 214 cm³/mol. The molecule has 4 aromatic carbocycles. The molecule has 0 spiro atoms. The summed E-state index contributed by atoms with van der Waals surface area (Å²) in [5, 5.41) is 1.48. The van der Waals surface area contributed by atoms with Crippen molar-refractivity contribution in [1.29, 1.82) is 0 Å². The summed E-state index contributed by atoms with van der Waals surface area (Å²) in [6.45, 7) is 0. The third-order valence-corrected chi connectivity index (χ3v) is 15.0. The first-order chi connectivity index (χ1) is 25.5. The van der Waals surface area contributed by atoms with E-state index >= 15 is 0 Å². The predicted octanol–water partition coefficient (Wildman–Crippen LogP) is 12.7. The minimum atomic E-state index is -0.162. The Kier molecular flexibility index (Phi) is 8.06. The summed E-state index contributed by atoms with van der Waals surface area (Å²) < 4.78 is 21.5. The second-order valence-corrected chi connectivity index (χ2v) is 18.9. The van der Waals surface area contributed by atoms with Crippen molar-refractivity contribution in [2.45, 2.75) is 87.9 Å². The van der Waals surface area contributed by atoms with E-state index in [2.05, 4.69) is 6.07 Å². The van der Waals surface area contributed by atoms with Crippen LogP contribution in [0.5, 0.6) is 34.5 Å². The summed E-state index contributed by atoms with van der Waals surface area (Å²) in [4.78, 5) is 0. The summed E-state index contributed by atoms with van der Waals surface area (Å²) in [7, 11) is 0. The third kappa shape index (κ3) is 5.90. The number of nitrogen functional groups attached to an aromatic ring is 3. The molecular weight excluding hydrogens is 725 g/mol. The van der Waals surface area contributed by atoms with Gasteiger partial charge < -0.3 is 31.4 Å². The molecule has 0 saturated heterocycles. The summed E-state index contributed by atoms with van der Waals surface area (Å²) in [5.74, 6) is 8.24. The Morgan fingerprint density at radius 2 is 0.811 bits per heavy atom. The van der Waals surface area contributed by atoms with E-state index in [9.17, 15) is 0 Å². The lowest BCUT2D eigenvalue weighted by Crippen LogP contribution is -2.50. The molecule has 276 valence electrons. The van der Waals surface area contributed by atoms with Crippen LogP contribution in [-0.4, -0.2) is 0 Å². The fourth-order valence-electron chi connectivity index (χ4n) is 12.8. The molecule has 0 radical (unpaired) electrons. The van der Waals surface area contributed by atoms with Crippen LogP contribution in [0.1, 0.15) is 88.2 Å². The van der Waals surface area contributed by atoms with Crippen LogP contribution < -0.4 is 31.4 Å². The van der Waals surface area contributed by atoms with E-state index < -0.39 is 0 Å². The van der Waals surface area contributed by atoms with Gasteiger partial charge in [0.15, 0.2) is 11.5 Å². The maximum absolute atomic E-state index is 7.36. The molecular formula is C44H46Cl3N3O3. The van der Waals surface area contributed by atoms with Gasteiger partial charge in [-0.15, -0.1) is 0 Å². The van der Waals surface area contributed by atoms with Gasteiger partial charge >= 0.3 is 0 Å². The topological polar surface area (TPSA) is 106 Å². The quantitative estimate of drug-likeness (QED) is 0.154. The maximum atomic E-state index is 7.36. The summed E-state index contributed by atoms with van der Waals surface area (Å²) in [6, 6.07) is 18.8. The molecule has 0 heterocycles. The average molecular weight is 771 g/mol. The molecule has 12 rings (SSSR count). The third-order valence-electron chi connectivity index (χ3n) is 13.9. The fourth-order valence-corrected chi connectivity index (χ4v) is 13.1. The van der Waals surface area contributed by atoms with Crippen molar-refractivity contribution in [2.24, 2.45) is 35.5 Å². The fraction of sp³-hybridized carbons (Fsp3) is 0.455. The highest BCUT2D eigenvalue weighted by molar-refractivity contribution is 6.33. The molecule has 8 aliphatic carbocycles. The van der Waals surface area contributed by atoms with Gasteiger partial charge in [-0.3, -0.25) is 0 Å². The summed E-state index contributed by atoms with van der Waals surface area (Å²) in [5.41, 5.74) is 22.7. The van der Waals surface area contributed by atoms with E-state index in [4.69, 9.17) is 66.2 Å². The lowest BCUT2D eigenvalue weighted by molar-refractivity contribution is -0.0107. The number of halogens is 3. The number of anilines is 3. The van der Waals surface area contributed by atoms with Gasteiger partial charge in [0, 0.05) is 34.7 Å². The molecule has 0 amide bonds. The van der Waals surface area contributed by atoms with E-state index in [0.29, 0.717) is 78.6 Å². The van der Waals surface area contributed by atoms with Gasteiger partial charge in [-0.2, -0.15) is 0 Å². The molecule has 0 aromatic heterocycles. The number of hydrogen-bond donors (Lipinski definition) is 3. The van der Waals surface area contributed by atoms with Crippen LogP contribution >= 0.6 is 34.8 Å². The molecule has 8 bridgehead atoms. The van der Waals surface area contributed by atoms with E-state index in [1.807, 2.05) is 30.3 Å². The van der Waals surface area contributed by atoms with Gasteiger partial charge in [0.2, 0.25) is 0 Å². The number of rotatable bonds is 8. The van der Waals surface area contributed by atoms with Gasteiger partial charge in [-0.25, -0.2) is 0 Å². The van der Waals surface area contributed by atoms with E-state index in [1.165, 1.54) is 44.1 Å². The molecule has 8 saturated carbocycles. The average Bonchev–Trinajstić information content (AvgIpc) is 3.09. The van der Waals surface area contributed by atoms with Crippen LogP contribution in [0.3, 0.4) is 0 Å². The van der Waals surface area contributed by atoms with Crippen molar-refractivity contribution in [3.63, 3.8) is 0 Å². The first-order valence-electron chi connectivity index (χ1n) is 19.4. The smallest absolute Gasteiger partial charge is 0.177 e. The number of hydrogen-bond acceptors (Lipinski definition) is 6. The summed E-state index contributed by atoms with van der Waals surface area (Å²) >= 11 is 19.3. The Bertz CT molecular complexity index is 2060. The molecule has 8 fully saturated rings. The van der Waals surface area contributed by atoms with Crippen molar-refractivity contribution in [1.82, 2.24) is 0 Å². The highest BCUT2D eigenvalue weighted by Crippen LogP contribution is 2.69. The summed E-state index contributed by atoms with van der Waals surface area (Å²) in [6.07, 6.45) is 14.6. The molecule has 8 aliphatic rings. The standard InChI is InChI=1S/C44H46Cl3N3O3/c45-33-4-1-29(13-36(33)48)51-39-16-32(43-17-23-7-24(18-43)9-25(8-23)19-43)41(52-30-2-5-34(46)37(49)14-30)40(42(39)53-31-3-6-35(47)38(50)15-31)44-20-26-10-27(21-44)12-28(11-26)22-44/h1-6,13-16,23-28H,7-12,17-22,48-50H2. The monoisotopic (exact) mass is 769 g/mol. The highest BCUT2D eigenvalue weighted by atomic mass is 35.5. The molecule has 6 N–H and O–H groups in total. The molecule has 4 aromatic rings. The number of ether oxygens (including phenoxy) is 3. The SMILES string of the molecule is Nc1cc(Oc2cc(C34CC5CC(CC(C5)C3)C4)c(Oc3ccc(Cl)c(N)c3)c(C34CC5CC(CC(C5)C3)C4)c2Oc2ccc(Cl)c(N)c2)ccc1Cl. The Labute approximate surface area is 326 Å². The van der Waals surface area contributed by atoms with E-state index in [-0.39, 0.29) is 10.8 Å². The largest absolute Gasteiger partial charge is 0.457 e. The van der Waals surface area contributed by atoms with Crippen molar-refractivity contribution in [3.8, 4) is 34.5 Å². The molecule has 53 heavy (non-hydrogen) atoms. The minimum absolute atomic E-state index is 0.0422. The number of benzene rings is 4. The van der Waals surface area contributed by atoms with E-state index in [1.54, 1.807) is 24.3 Å². The number of nitrogens with two attached hydrogens (primary N) is 3. The van der Waals surface area contributed by atoms with Gasteiger partial charge in [0.1, 0.15) is 23.0 Å². The molecule has 0 unspecified atom stereocenters. The lowest BCUT2D eigenvalue weighted by Gasteiger charge is -2.59. The van der Waals surface area contributed by atoms with Crippen LogP contribution in [0.2, 0.25) is 15.1 Å². The Morgan fingerprint density at radius 3 is 1.21 bits per heavy atom. The first kappa shape index (κ1) is 34.1. The second kappa shape index (κ2) is 12.5. The molecule has 6 nitrogen and oxygen atoms in total. The Morgan fingerprint density at radius 1 is 0.453 bits per heavy atom. The normalized spacial score (nSPS) is 31.9. The first-order valence-corrected chi connectivity index (χ1v) is 20.6. The molecule has 0 aliphatic heterocycles. The zero-order valence-corrected chi connectivity index (χ0v) is 32.1. The minimum Gasteiger partial charge on any atom is -0.457 e. The van der Waals surface area contributed by atoms with Gasteiger partial charge in [-0.05, 0) is 160 Å². The Hall–Kier alpha value is -3.45. The van der Waals surface area contributed by atoms with Crippen LogP contribution in [0.25, 0.3) is 0 Å². The Balaban J connectivity index is 1.26. The van der Waals surface area contributed by atoms with Crippen LogP contribution in [0.15, 0.2) is 60.7 Å². The van der Waals surface area contributed by atoms with Gasteiger partial charge in [-0.1, -0.05) is 34.8 Å². The van der Waals surface area contributed by atoms with Crippen LogP contribution in [0.4, 0.5) is 17.1 Å². The van der Waals surface area contributed by atoms with Crippen LogP contribution in [-0.2, 0) is 10.8 Å². The van der Waals surface area contributed by atoms with Gasteiger partial charge in [0.05, 0.1) is 32.1 Å². The van der Waals surface area contributed by atoms with Crippen molar-refractivity contribution < 1.29 is 14.2 Å². The van der Waals surface area contributed by atoms with Crippen molar-refractivity contribution >= 4 is 51.9 Å².